The largest absolute Gasteiger partial charge is 0.497 e. The Balaban J connectivity index is 1.35. The first kappa shape index (κ1) is 36.9. The first-order chi connectivity index (χ1) is 25.4. The Morgan fingerprint density at radius 3 is 2.24 bits per heavy atom. The van der Waals surface area contributed by atoms with E-state index in [-0.39, 0.29) is 42.0 Å². The van der Waals surface area contributed by atoms with Crippen molar-refractivity contribution in [1.29, 1.82) is 0 Å². The zero-order chi connectivity index (χ0) is 39.0. The van der Waals surface area contributed by atoms with Gasteiger partial charge in [0.25, 0.3) is 0 Å². The van der Waals surface area contributed by atoms with Gasteiger partial charge in [0.05, 0.1) is 42.3 Å². The topological polar surface area (TPSA) is 184 Å². The summed E-state index contributed by atoms with van der Waals surface area (Å²) in [4.78, 5) is 53.5. The molecule has 2 atom stereocenters. The van der Waals surface area contributed by atoms with Crippen LogP contribution >= 0.6 is 0 Å². The summed E-state index contributed by atoms with van der Waals surface area (Å²) in [7, 11) is -0.173. The summed E-state index contributed by atoms with van der Waals surface area (Å²) in [6, 6.07) is 10.5. The Hall–Kier alpha value is -5.45. The summed E-state index contributed by atoms with van der Waals surface area (Å²) in [5.41, 5.74) is -0.699. The maximum atomic E-state index is 14.5. The molecule has 286 valence electrons. The van der Waals surface area contributed by atoms with Crippen LogP contribution in [0.5, 0.6) is 11.5 Å². The van der Waals surface area contributed by atoms with Gasteiger partial charge in [0.15, 0.2) is 27.3 Å². The summed E-state index contributed by atoms with van der Waals surface area (Å²) < 4.78 is 48.2. The second-order valence-corrected chi connectivity index (χ2v) is 17.9. The van der Waals surface area contributed by atoms with Crippen LogP contribution in [0, 0.1) is 0 Å². The van der Waals surface area contributed by atoms with Crippen molar-refractivity contribution < 1.29 is 41.7 Å². The molecular weight excluding hydrogens is 719 g/mol. The van der Waals surface area contributed by atoms with Crippen molar-refractivity contribution in [2.45, 2.75) is 70.5 Å². The lowest BCUT2D eigenvalue weighted by atomic mass is 9.90. The molecule has 54 heavy (non-hydrogen) atoms. The summed E-state index contributed by atoms with van der Waals surface area (Å²) in [5.74, 6) is 0.660. The van der Waals surface area contributed by atoms with Gasteiger partial charge in [-0.1, -0.05) is 12.1 Å². The molecule has 3 aliphatic rings. The highest BCUT2D eigenvalue weighted by atomic mass is 32.2. The van der Waals surface area contributed by atoms with E-state index in [1.807, 2.05) is 11.0 Å². The monoisotopic (exact) mass is 761 g/mol. The third-order valence-electron chi connectivity index (χ3n) is 9.60. The van der Waals surface area contributed by atoms with E-state index in [2.05, 4.69) is 15.3 Å². The molecule has 2 aromatic heterocycles. The zero-order valence-electron chi connectivity index (χ0n) is 31.4. The van der Waals surface area contributed by atoms with Gasteiger partial charge in [0, 0.05) is 24.4 Å². The maximum absolute atomic E-state index is 14.5. The zero-order valence-corrected chi connectivity index (χ0v) is 32.2. The van der Waals surface area contributed by atoms with Crippen molar-refractivity contribution in [3.8, 4) is 11.5 Å². The molecule has 4 aromatic rings. The van der Waals surface area contributed by atoms with E-state index in [9.17, 15) is 22.8 Å². The first-order valence-corrected chi connectivity index (χ1v) is 19.3. The number of benzene rings is 2. The summed E-state index contributed by atoms with van der Waals surface area (Å²) in [5, 5.41) is 8.47. The quantitative estimate of drug-likeness (QED) is 0.267. The molecule has 0 bridgehead atoms. The normalized spacial score (nSPS) is 20.5. The fraction of sp³-hybridized carbons (Fsp3) is 0.459. The molecule has 1 aliphatic carbocycles. The van der Waals surface area contributed by atoms with Crippen LogP contribution in [-0.2, 0) is 29.5 Å². The van der Waals surface area contributed by atoms with Gasteiger partial charge in [-0.25, -0.2) is 32.9 Å². The number of methoxy groups -OCH3 is 2. The van der Waals surface area contributed by atoms with Gasteiger partial charge >= 0.3 is 12.2 Å². The first-order valence-electron chi connectivity index (χ1n) is 17.5. The van der Waals surface area contributed by atoms with Crippen LogP contribution in [0.1, 0.15) is 65.0 Å². The number of fused-ring (bicyclic) bond motifs is 3. The SMILES string of the molecule is COc1ccc2c(c1)[C@]1(C[C@H]1c1cccc3c1c(Nc1ncnc(N4CCS(=O)(=O)CC4)c1OC)nn3C(=O)OC(C)(C)C)C(=O)N2C(=O)OC(C)(C)C. The number of sulfone groups is 1. The maximum Gasteiger partial charge on any atom is 0.435 e. The van der Waals surface area contributed by atoms with E-state index >= 15 is 0 Å². The van der Waals surface area contributed by atoms with Crippen LogP contribution < -0.4 is 24.6 Å². The highest BCUT2D eigenvalue weighted by Crippen LogP contribution is 2.68. The van der Waals surface area contributed by atoms with E-state index in [1.165, 1.54) is 20.5 Å². The van der Waals surface area contributed by atoms with E-state index in [4.69, 9.17) is 24.0 Å². The number of aromatic nitrogens is 4. The van der Waals surface area contributed by atoms with Gasteiger partial charge in [-0.05, 0) is 83.4 Å². The number of carbonyl (C=O) groups excluding carboxylic acids is 3. The second kappa shape index (κ2) is 12.8. The molecule has 1 saturated carbocycles. The average Bonchev–Trinajstić information content (AvgIpc) is 3.66. The number of imide groups is 1. The van der Waals surface area contributed by atoms with Crippen molar-refractivity contribution in [1.82, 2.24) is 19.7 Å². The molecular formula is C37H43N7O9S. The lowest BCUT2D eigenvalue weighted by Gasteiger charge is -2.29. The van der Waals surface area contributed by atoms with Crippen LogP contribution in [0.15, 0.2) is 42.7 Å². The summed E-state index contributed by atoms with van der Waals surface area (Å²) >= 11 is 0. The van der Waals surface area contributed by atoms with Crippen molar-refractivity contribution in [2.24, 2.45) is 0 Å². The van der Waals surface area contributed by atoms with Gasteiger partial charge in [-0.3, -0.25) is 4.79 Å². The van der Waals surface area contributed by atoms with Crippen LogP contribution in [-0.4, -0.2) is 96.3 Å². The molecule has 7 rings (SSSR count). The van der Waals surface area contributed by atoms with Gasteiger partial charge < -0.3 is 29.2 Å². The van der Waals surface area contributed by atoms with Crippen molar-refractivity contribution in [2.75, 3.05) is 53.9 Å². The van der Waals surface area contributed by atoms with Crippen LogP contribution in [0.4, 0.5) is 32.7 Å². The minimum Gasteiger partial charge on any atom is -0.497 e. The lowest BCUT2D eigenvalue weighted by molar-refractivity contribution is -0.120. The number of amides is 2. The smallest absolute Gasteiger partial charge is 0.435 e. The standard InChI is InChI=1S/C37H43N7O9S/c1-35(2,3)52-33(46)43-25-13-12-21(50-7)18-23(25)37(32(43)45)19-24(37)22-10-9-11-26-27(22)29(41-44(26)34(47)53-36(4,5)6)40-30-28(51-8)31(39-20-38-30)42-14-16-54(48,49)17-15-42/h9-13,18,20,24H,14-17,19H2,1-8H3,(H,38,39,40,41)/t24-,37-/m0/s1. The Morgan fingerprint density at radius 2 is 1.59 bits per heavy atom. The third kappa shape index (κ3) is 6.43. The molecule has 2 aromatic carbocycles. The fourth-order valence-corrected chi connectivity index (χ4v) is 8.40. The Morgan fingerprint density at radius 1 is 0.907 bits per heavy atom. The van der Waals surface area contributed by atoms with Gasteiger partial charge in [-0.15, -0.1) is 5.10 Å². The lowest BCUT2D eigenvalue weighted by Crippen LogP contribution is -2.41. The van der Waals surface area contributed by atoms with Crippen molar-refractivity contribution >= 4 is 62.0 Å². The van der Waals surface area contributed by atoms with E-state index < -0.39 is 50.5 Å². The molecule has 2 fully saturated rings. The predicted molar refractivity (Wildman–Crippen MR) is 200 cm³/mol. The predicted octanol–water partition coefficient (Wildman–Crippen LogP) is 5.31. The molecule has 1 N–H and O–H groups in total. The molecule has 17 heteroatoms. The van der Waals surface area contributed by atoms with Gasteiger partial charge in [0.2, 0.25) is 11.7 Å². The Bertz CT molecular complexity index is 2300. The summed E-state index contributed by atoms with van der Waals surface area (Å²) in [6.45, 7) is 10.9. The number of nitrogens with zero attached hydrogens (tertiary/aromatic N) is 6. The number of carbonyl (C=O) groups is 3. The minimum absolute atomic E-state index is 0.0283. The molecule has 0 unspecified atom stereocenters. The van der Waals surface area contributed by atoms with Crippen molar-refractivity contribution in [3.05, 3.63) is 53.9 Å². The number of anilines is 4. The van der Waals surface area contributed by atoms with Crippen LogP contribution in [0.2, 0.25) is 0 Å². The molecule has 16 nitrogen and oxygen atoms in total. The average molecular weight is 762 g/mol. The molecule has 0 radical (unpaired) electrons. The third-order valence-corrected chi connectivity index (χ3v) is 11.2. The fourth-order valence-electron chi connectivity index (χ4n) is 7.20. The number of rotatable bonds is 6. The van der Waals surface area contributed by atoms with Crippen LogP contribution in [0.3, 0.4) is 0 Å². The number of hydrogen-bond donors (Lipinski definition) is 1. The van der Waals surface area contributed by atoms with E-state index in [1.54, 1.807) is 71.9 Å². The Kier molecular flexibility index (Phi) is 8.78. The number of ether oxygens (including phenoxy) is 4. The highest BCUT2D eigenvalue weighted by molar-refractivity contribution is 7.91. The van der Waals surface area contributed by atoms with E-state index in [0.717, 1.165) is 9.58 Å². The molecule has 2 amide bonds. The minimum atomic E-state index is -3.16. The molecule has 2 aliphatic heterocycles. The molecule has 1 saturated heterocycles. The van der Waals surface area contributed by atoms with Gasteiger partial charge in [0.1, 0.15) is 23.3 Å². The van der Waals surface area contributed by atoms with Crippen LogP contribution in [0.25, 0.3) is 10.9 Å². The summed E-state index contributed by atoms with van der Waals surface area (Å²) in [6.07, 6.45) is 0.175. The van der Waals surface area contributed by atoms with Crippen molar-refractivity contribution in [3.63, 3.8) is 0 Å². The number of hydrogen-bond acceptors (Lipinski definition) is 14. The van der Waals surface area contributed by atoms with Gasteiger partial charge in [-0.2, -0.15) is 4.68 Å². The highest BCUT2D eigenvalue weighted by Gasteiger charge is 2.69. The Labute approximate surface area is 312 Å². The molecule has 4 heterocycles. The number of nitrogens with one attached hydrogen (secondary N) is 1. The molecule has 1 spiro atoms. The second-order valence-electron chi connectivity index (χ2n) is 15.6. The van der Waals surface area contributed by atoms with E-state index in [0.29, 0.717) is 45.7 Å².